The number of nitrogens with two attached hydrogens (primary N) is 1. The molecule has 0 saturated heterocycles. The van der Waals surface area contributed by atoms with Crippen LogP contribution in [0.4, 0.5) is 11.4 Å². The van der Waals surface area contributed by atoms with Crippen LogP contribution in [0.15, 0.2) is 23.8 Å². The fraction of sp³-hybridized carbons (Fsp3) is 0.200. The van der Waals surface area contributed by atoms with Gasteiger partial charge in [-0.2, -0.15) is 0 Å². The molecule has 78 valence electrons. The number of hydrogen-bond donors (Lipinski definition) is 2. The minimum Gasteiger partial charge on any atom is -0.397 e. The molecule has 5 heteroatoms. The SMILES string of the molecule is Cc1nc(CNc2cncc(N)c2)cs1. The molecular formula is C10H12N4S. The Morgan fingerprint density at radius 3 is 3.00 bits per heavy atom. The van der Waals surface area contributed by atoms with Gasteiger partial charge < -0.3 is 11.1 Å². The van der Waals surface area contributed by atoms with Gasteiger partial charge in [-0.25, -0.2) is 4.98 Å². The summed E-state index contributed by atoms with van der Waals surface area (Å²) in [4.78, 5) is 8.35. The molecule has 0 spiro atoms. The molecule has 0 aliphatic carbocycles. The highest BCUT2D eigenvalue weighted by molar-refractivity contribution is 7.09. The maximum absolute atomic E-state index is 5.62. The molecule has 0 saturated carbocycles. The van der Waals surface area contributed by atoms with Crippen LogP contribution in [0.1, 0.15) is 10.7 Å². The van der Waals surface area contributed by atoms with Gasteiger partial charge in [0.2, 0.25) is 0 Å². The lowest BCUT2D eigenvalue weighted by Crippen LogP contribution is -2.00. The Hall–Kier alpha value is -1.62. The van der Waals surface area contributed by atoms with Gasteiger partial charge in [-0.05, 0) is 13.0 Å². The highest BCUT2D eigenvalue weighted by Crippen LogP contribution is 2.12. The van der Waals surface area contributed by atoms with Crippen molar-refractivity contribution in [3.8, 4) is 0 Å². The summed E-state index contributed by atoms with van der Waals surface area (Å²) in [6.07, 6.45) is 3.37. The molecular weight excluding hydrogens is 208 g/mol. The van der Waals surface area contributed by atoms with Gasteiger partial charge >= 0.3 is 0 Å². The van der Waals surface area contributed by atoms with E-state index in [1.165, 1.54) is 0 Å². The molecule has 3 N–H and O–H groups in total. The first-order valence-electron chi connectivity index (χ1n) is 4.59. The van der Waals surface area contributed by atoms with E-state index in [2.05, 4.69) is 15.3 Å². The van der Waals surface area contributed by atoms with Crippen molar-refractivity contribution in [2.24, 2.45) is 0 Å². The van der Waals surface area contributed by atoms with Crippen molar-refractivity contribution in [3.63, 3.8) is 0 Å². The third kappa shape index (κ3) is 2.66. The van der Waals surface area contributed by atoms with E-state index in [0.717, 1.165) is 16.4 Å². The third-order valence-corrected chi connectivity index (χ3v) is 2.72. The van der Waals surface area contributed by atoms with Crippen LogP contribution in [0.25, 0.3) is 0 Å². The van der Waals surface area contributed by atoms with E-state index in [0.29, 0.717) is 12.2 Å². The minimum absolute atomic E-state index is 0.662. The smallest absolute Gasteiger partial charge is 0.0898 e. The van der Waals surface area contributed by atoms with E-state index >= 15 is 0 Å². The van der Waals surface area contributed by atoms with Gasteiger partial charge in [-0.15, -0.1) is 11.3 Å². The molecule has 0 radical (unpaired) electrons. The van der Waals surface area contributed by atoms with Crippen molar-refractivity contribution in [1.29, 1.82) is 0 Å². The van der Waals surface area contributed by atoms with Crippen LogP contribution in [0.2, 0.25) is 0 Å². The Morgan fingerprint density at radius 2 is 2.33 bits per heavy atom. The first-order chi connectivity index (χ1) is 7.24. The molecule has 0 unspecified atom stereocenters. The number of nitrogens with zero attached hydrogens (tertiary/aromatic N) is 2. The molecule has 2 rings (SSSR count). The van der Waals surface area contributed by atoms with E-state index in [9.17, 15) is 0 Å². The lowest BCUT2D eigenvalue weighted by atomic mass is 10.3. The number of nitrogen functional groups attached to an aromatic ring is 1. The summed E-state index contributed by atoms with van der Waals surface area (Å²) in [5.74, 6) is 0. The fourth-order valence-corrected chi connectivity index (χ4v) is 1.85. The van der Waals surface area contributed by atoms with E-state index in [1.807, 2.05) is 18.4 Å². The van der Waals surface area contributed by atoms with Gasteiger partial charge in [0.25, 0.3) is 0 Å². The summed E-state index contributed by atoms with van der Waals surface area (Å²) in [6, 6.07) is 1.85. The van der Waals surface area contributed by atoms with E-state index in [-0.39, 0.29) is 0 Å². The van der Waals surface area contributed by atoms with Gasteiger partial charge in [-0.1, -0.05) is 0 Å². The second-order valence-electron chi connectivity index (χ2n) is 3.22. The topological polar surface area (TPSA) is 63.8 Å². The number of nitrogens with one attached hydrogen (secondary N) is 1. The molecule has 0 atom stereocenters. The molecule has 0 aliphatic rings. The van der Waals surface area contributed by atoms with Gasteiger partial charge in [0.1, 0.15) is 0 Å². The van der Waals surface area contributed by atoms with Crippen LogP contribution < -0.4 is 11.1 Å². The Balaban J connectivity index is 1.99. The van der Waals surface area contributed by atoms with Gasteiger partial charge in [0, 0.05) is 11.6 Å². The maximum atomic E-state index is 5.62. The molecule has 2 heterocycles. The quantitative estimate of drug-likeness (QED) is 0.830. The average Bonchev–Trinajstić information content (AvgIpc) is 2.62. The number of pyridine rings is 1. The number of aromatic nitrogens is 2. The molecule has 0 aromatic carbocycles. The molecule has 2 aromatic heterocycles. The second kappa shape index (κ2) is 4.27. The van der Waals surface area contributed by atoms with Gasteiger partial charge in [-0.3, -0.25) is 4.98 Å². The number of aryl methyl sites for hydroxylation is 1. The molecule has 2 aromatic rings. The Morgan fingerprint density at radius 1 is 1.47 bits per heavy atom. The molecule has 15 heavy (non-hydrogen) atoms. The van der Waals surface area contributed by atoms with Gasteiger partial charge in [0.05, 0.1) is 34.8 Å². The largest absolute Gasteiger partial charge is 0.397 e. The van der Waals surface area contributed by atoms with Gasteiger partial charge in [0.15, 0.2) is 0 Å². The molecule has 4 nitrogen and oxygen atoms in total. The zero-order valence-electron chi connectivity index (χ0n) is 8.40. The summed E-state index contributed by atoms with van der Waals surface area (Å²) < 4.78 is 0. The van der Waals surface area contributed by atoms with Crippen molar-refractivity contribution in [3.05, 3.63) is 34.5 Å². The van der Waals surface area contributed by atoms with E-state index in [1.54, 1.807) is 23.7 Å². The summed E-state index contributed by atoms with van der Waals surface area (Å²) in [7, 11) is 0. The number of thiazole rings is 1. The Labute approximate surface area is 92.2 Å². The van der Waals surface area contributed by atoms with Crippen molar-refractivity contribution in [2.45, 2.75) is 13.5 Å². The molecule has 0 fully saturated rings. The van der Waals surface area contributed by atoms with Crippen molar-refractivity contribution in [1.82, 2.24) is 9.97 Å². The van der Waals surface area contributed by atoms with Crippen molar-refractivity contribution in [2.75, 3.05) is 11.1 Å². The maximum Gasteiger partial charge on any atom is 0.0898 e. The van der Waals surface area contributed by atoms with E-state index in [4.69, 9.17) is 5.73 Å². The normalized spacial score (nSPS) is 10.2. The monoisotopic (exact) mass is 220 g/mol. The van der Waals surface area contributed by atoms with Crippen molar-refractivity contribution < 1.29 is 0 Å². The summed E-state index contributed by atoms with van der Waals surface area (Å²) in [5, 5.41) is 6.34. The van der Waals surface area contributed by atoms with E-state index < -0.39 is 0 Å². The van der Waals surface area contributed by atoms with Crippen molar-refractivity contribution >= 4 is 22.7 Å². The molecule has 0 amide bonds. The van der Waals surface area contributed by atoms with Crippen LogP contribution in [0, 0.1) is 6.92 Å². The lowest BCUT2D eigenvalue weighted by molar-refractivity contribution is 1.05. The minimum atomic E-state index is 0.662. The summed E-state index contributed by atoms with van der Waals surface area (Å²) in [5.41, 5.74) is 8.24. The predicted molar refractivity (Wildman–Crippen MR) is 62.8 cm³/mol. The zero-order chi connectivity index (χ0) is 10.7. The number of anilines is 2. The average molecular weight is 220 g/mol. The van der Waals surface area contributed by atoms with Crippen LogP contribution in [0.5, 0.6) is 0 Å². The van der Waals surface area contributed by atoms with Crippen LogP contribution in [-0.2, 0) is 6.54 Å². The molecule has 0 aliphatic heterocycles. The third-order valence-electron chi connectivity index (χ3n) is 1.90. The standard InChI is InChI=1S/C10H12N4S/c1-7-14-10(6-15-7)5-13-9-2-8(11)3-12-4-9/h2-4,6,13H,5,11H2,1H3. The van der Waals surface area contributed by atoms with Crippen LogP contribution in [-0.4, -0.2) is 9.97 Å². The first kappa shape index (κ1) is 9.92. The highest BCUT2D eigenvalue weighted by atomic mass is 32.1. The number of hydrogen-bond acceptors (Lipinski definition) is 5. The summed E-state index contributed by atoms with van der Waals surface area (Å²) in [6.45, 7) is 2.70. The van der Waals surface area contributed by atoms with Crippen LogP contribution in [0.3, 0.4) is 0 Å². The summed E-state index contributed by atoms with van der Waals surface area (Å²) >= 11 is 1.65. The second-order valence-corrected chi connectivity index (χ2v) is 4.28. The first-order valence-corrected chi connectivity index (χ1v) is 5.47. The Kier molecular flexibility index (Phi) is 2.82. The highest BCUT2D eigenvalue weighted by Gasteiger charge is 1.98. The zero-order valence-corrected chi connectivity index (χ0v) is 9.21. The fourth-order valence-electron chi connectivity index (χ4n) is 1.24. The predicted octanol–water partition coefficient (Wildman–Crippen LogP) is 2.04. The Bertz CT molecular complexity index is 452. The lowest BCUT2D eigenvalue weighted by Gasteiger charge is -2.03. The number of rotatable bonds is 3. The molecule has 0 bridgehead atoms. The van der Waals surface area contributed by atoms with Crippen LogP contribution >= 0.6 is 11.3 Å².